The largest absolute Gasteiger partial charge is 0.507 e. The number of benzene rings is 2. The van der Waals surface area contributed by atoms with Crippen LogP contribution in [0.2, 0.25) is 0 Å². The number of aromatic carboxylic acids is 1. The lowest BCUT2D eigenvalue weighted by Crippen LogP contribution is -2.41. The van der Waals surface area contributed by atoms with Gasteiger partial charge in [-0.25, -0.2) is 9.59 Å². The first-order valence-corrected chi connectivity index (χ1v) is 10.6. The molecule has 8 nitrogen and oxygen atoms in total. The molecule has 174 valence electrons. The lowest BCUT2D eigenvalue weighted by molar-refractivity contribution is 0.00578. The van der Waals surface area contributed by atoms with E-state index >= 15 is 0 Å². The second kappa shape index (κ2) is 9.68. The first-order chi connectivity index (χ1) is 15.5. The van der Waals surface area contributed by atoms with Crippen LogP contribution in [-0.2, 0) is 20.7 Å². The van der Waals surface area contributed by atoms with E-state index in [0.717, 1.165) is 5.56 Å². The van der Waals surface area contributed by atoms with Crippen LogP contribution >= 0.6 is 0 Å². The summed E-state index contributed by atoms with van der Waals surface area (Å²) in [6, 6.07) is 13.5. The molecule has 0 aliphatic carbocycles. The highest BCUT2D eigenvalue weighted by Crippen LogP contribution is 2.38. The molecule has 3 rings (SSSR count). The molecule has 33 heavy (non-hydrogen) atoms. The van der Waals surface area contributed by atoms with Gasteiger partial charge in [0.2, 0.25) is 0 Å². The molecule has 9 heteroatoms. The van der Waals surface area contributed by atoms with Gasteiger partial charge in [0.1, 0.15) is 17.9 Å². The molecule has 3 N–H and O–H groups in total. The van der Waals surface area contributed by atoms with E-state index in [1.165, 1.54) is 12.1 Å². The third-order valence-electron chi connectivity index (χ3n) is 5.81. The molecule has 2 aromatic rings. The van der Waals surface area contributed by atoms with Gasteiger partial charge in [-0.15, -0.1) is 0 Å². The lowest BCUT2D eigenvalue weighted by atomic mass is 9.77. The Morgan fingerprint density at radius 1 is 1.06 bits per heavy atom. The Labute approximate surface area is 193 Å². The van der Waals surface area contributed by atoms with Gasteiger partial charge in [0.25, 0.3) is 0 Å². The van der Waals surface area contributed by atoms with Crippen molar-refractivity contribution < 1.29 is 33.8 Å². The molecule has 1 saturated heterocycles. The number of carbonyl (C=O) groups is 2. The fourth-order valence-electron chi connectivity index (χ4n) is 3.17. The van der Waals surface area contributed by atoms with Gasteiger partial charge in [-0.3, -0.25) is 0 Å². The number of amides is 1. The highest BCUT2D eigenvalue weighted by molar-refractivity contribution is 6.56. The van der Waals surface area contributed by atoms with Crippen LogP contribution in [0.1, 0.15) is 49.2 Å². The third-order valence-corrected chi connectivity index (χ3v) is 5.81. The van der Waals surface area contributed by atoms with Gasteiger partial charge in [0, 0.05) is 6.54 Å². The fraction of sp³-hybridized carbons (Fsp3) is 0.333. The van der Waals surface area contributed by atoms with Crippen molar-refractivity contribution in [3.8, 4) is 5.75 Å². The maximum atomic E-state index is 12.3. The molecular weight excluding hydrogens is 425 g/mol. The Morgan fingerprint density at radius 2 is 1.70 bits per heavy atom. The summed E-state index contributed by atoms with van der Waals surface area (Å²) in [6.45, 7) is 7.82. The van der Waals surface area contributed by atoms with E-state index in [4.69, 9.17) is 14.0 Å². The summed E-state index contributed by atoms with van der Waals surface area (Å²) in [5, 5.41) is 21.8. The van der Waals surface area contributed by atoms with Crippen LogP contribution in [0.4, 0.5) is 4.79 Å². The molecule has 0 saturated carbocycles. The summed E-state index contributed by atoms with van der Waals surface area (Å²) >= 11 is 0. The zero-order valence-electron chi connectivity index (χ0n) is 19.1. The Kier molecular flexibility index (Phi) is 7.14. The van der Waals surface area contributed by atoms with Gasteiger partial charge in [-0.05, 0) is 56.4 Å². The van der Waals surface area contributed by atoms with Crippen molar-refractivity contribution in [2.75, 3.05) is 6.54 Å². The van der Waals surface area contributed by atoms with E-state index in [1.54, 1.807) is 12.1 Å². The molecule has 0 unspecified atom stereocenters. The number of carboxylic acids is 1. The number of ether oxygens (including phenoxy) is 1. The van der Waals surface area contributed by atoms with Crippen LogP contribution < -0.4 is 5.32 Å². The monoisotopic (exact) mass is 453 g/mol. The Hall–Kier alpha value is -3.30. The molecule has 0 spiro atoms. The van der Waals surface area contributed by atoms with E-state index in [2.05, 4.69) is 5.32 Å². The molecule has 0 aromatic heterocycles. The summed E-state index contributed by atoms with van der Waals surface area (Å²) in [5.41, 5.74) is 0.492. The van der Waals surface area contributed by atoms with E-state index in [1.807, 2.05) is 58.0 Å². The second-order valence-electron chi connectivity index (χ2n) is 8.80. The molecule has 0 bridgehead atoms. The third kappa shape index (κ3) is 5.94. The number of rotatable bonds is 7. The standard InChI is InChI=1S/C24H28BNO7/c1-23(2)24(3,4)33-25(32-23)18(12-17-10-11-20(27)19(13-17)21(28)29)14-26-22(30)31-15-16-8-6-5-7-9-16/h5-13,27H,14-15H2,1-4H3,(H,26,30)(H,28,29). The zero-order valence-corrected chi connectivity index (χ0v) is 19.1. The lowest BCUT2D eigenvalue weighted by Gasteiger charge is -2.32. The molecule has 1 aliphatic rings. The smallest absolute Gasteiger partial charge is 0.492 e. The summed E-state index contributed by atoms with van der Waals surface area (Å²) < 4.78 is 17.5. The molecule has 2 aromatic carbocycles. The van der Waals surface area contributed by atoms with Gasteiger partial charge in [-0.1, -0.05) is 42.5 Å². The van der Waals surface area contributed by atoms with Crippen molar-refractivity contribution in [2.45, 2.75) is 45.5 Å². The van der Waals surface area contributed by atoms with E-state index in [9.17, 15) is 19.8 Å². The maximum Gasteiger partial charge on any atom is 0.492 e. The van der Waals surface area contributed by atoms with Gasteiger partial charge >= 0.3 is 19.2 Å². The minimum atomic E-state index is -1.25. The van der Waals surface area contributed by atoms with Crippen LogP contribution in [0.3, 0.4) is 0 Å². The van der Waals surface area contributed by atoms with Gasteiger partial charge in [-0.2, -0.15) is 0 Å². The normalized spacial score (nSPS) is 17.0. The quantitative estimate of drug-likeness (QED) is 0.543. The minimum Gasteiger partial charge on any atom is -0.507 e. The van der Waals surface area contributed by atoms with Gasteiger partial charge < -0.3 is 29.6 Å². The number of nitrogens with one attached hydrogen (secondary N) is 1. The first-order valence-electron chi connectivity index (χ1n) is 10.6. The number of carboxylic acid groups (broad SMARTS) is 1. The highest BCUT2D eigenvalue weighted by Gasteiger charge is 2.52. The zero-order chi connectivity index (χ0) is 24.2. The molecule has 1 fully saturated rings. The summed E-state index contributed by atoms with van der Waals surface area (Å²) in [7, 11) is -0.772. The average molecular weight is 453 g/mol. The van der Waals surface area contributed by atoms with Crippen molar-refractivity contribution >= 4 is 25.3 Å². The predicted molar refractivity (Wildman–Crippen MR) is 124 cm³/mol. The number of hydrogen-bond donors (Lipinski definition) is 3. The minimum absolute atomic E-state index is 0.0493. The van der Waals surface area contributed by atoms with Crippen molar-refractivity contribution in [3.05, 3.63) is 70.7 Å². The van der Waals surface area contributed by atoms with E-state index < -0.39 is 30.4 Å². The number of hydrogen-bond acceptors (Lipinski definition) is 6. The van der Waals surface area contributed by atoms with Crippen molar-refractivity contribution in [1.29, 1.82) is 0 Å². The van der Waals surface area contributed by atoms with Gasteiger partial charge in [0.05, 0.1) is 11.2 Å². The van der Waals surface area contributed by atoms with Crippen LogP contribution in [-0.4, -0.2) is 47.1 Å². The Bertz CT molecular complexity index is 1030. The fourth-order valence-corrected chi connectivity index (χ4v) is 3.17. The molecule has 0 atom stereocenters. The summed E-state index contributed by atoms with van der Waals surface area (Å²) in [5.74, 6) is -1.58. The predicted octanol–water partition coefficient (Wildman–Crippen LogP) is 4.03. The Morgan fingerprint density at radius 3 is 2.30 bits per heavy atom. The second-order valence-corrected chi connectivity index (χ2v) is 8.80. The number of carbonyl (C=O) groups excluding carboxylic acids is 1. The molecule has 1 heterocycles. The highest BCUT2D eigenvalue weighted by atomic mass is 16.7. The molecule has 1 amide bonds. The van der Waals surface area contributed by atoms with Crippen molar-refractivity contribution in [3.63, 3.8) is 0 Å². The number of alkyl carbamates (subject to hydrolysis) is 1. The van der Waals surface area contributed by atoms with Crippen LogP contribution in [0.5, 0.6) is 5.75 Å². The van der Waals surface area contributed by atoms with Crippen molar-refractivity contribution in [1.82, 2.24) is 5.32 Å². The van der Waals surface area contributed by atoms with E-state index in [-0.39, 0.29) is 24.5 Å². The number of aromatic hydroxyl groups is 1. The average Bonchev–Trinajstić information content (AvgIpc) is 2.98. The number of phenols is 1. The SMILES string of the molecule is CC1(C)OB(C(=Cc2ccc(O)c(C(=O)O)c2)CNC(=O)OCc2ccccc2)OC1(C)C. The first kappa shape index (κ1) is 24.3. The summed E-state index contributed by atoms with van der Waals surface area (Å²) in [4.78, 5) is 23.7. The van der Waals surface area contributed by atoms with Gasteiger partial charge in [0.15, 0.2) is 0 Å². The Balaban J connectivity index is 1.79. The molecular formula is C24H28BNO7. The summed E-state index contributed by atoms with van der Waals surface area (Å²) in [6.07, 6.45) is 1.06. The maximum absolute atomic E-state index is 12.3. The van der Waals surface area contributed by atoms with Crippen LogP contribution in [0, 0.1) is 0 Å². The van der Waals surface area contributed by atoms with E-state index in [0.29, 0.717) is 11.0 Å². The molecule has 0 radical (unpaired) electrons. The van der Waals surface area contributed by atoms with Crippen molar-refractivity contribution in [2.24, 2.45) is 0 Å². The topological polar surface area (TPSA) is 114 Å². The van der Waals surface area contributed by atoms with Crippen LogP contribution in [0.25, 0.3) is 6.08 Å². The molecule has 1 aliphatic heterocycles. The van der Waals surface area contributed by atoms with Crippen LogP contribution in [0.15, 0.2) is 54.0 Å².